The zero-order valence-corrected chi connectivity index (χ0v) is 20.4. The van der Waals surface area contributed by atoms with Crippen LogP contribution in [-0.4, -0.2) is 79.8 Å². The number of carbonyl (C=O) groups is 2. The van der Waals surface area contributed by atoms with Gasteiger partial charge in [0.25, 0.3) is 0 Å². The topological polar surface area (TPSA) is 123 Å². The Morgan fingerprint density at radius 2 is 1.79 bits per heavy atom. The summed E-state index contributed by atoms with van der Waals surface area (Å²) in [4.78, 5) is 29.5. The van der Waals surface area contributed by atoms with Crippen LogP contribution in [0, 0.1) is 0 Å². The number of allylic oxidation sites excluding steroid dienone is 2. The molecular formula is C24H41N3O6. The third-order valence-corrected chi connectivity index (χ3v) is 6.58. The molecule has 3 aliphatic rings. The Hall–Kier alpha value is -1.84. The van der Waals surface area contributed by atoms with E-state index in [9.17, 15) is 24.9 Å². The minimum atomic E-state index is -0.960. The second-order valence-electron chi connectivity index (χ2n) is 10.6. The van der Waals surface area contributed by atoms with E-state index in [1.54, 1.807) is 4.90 Å². The fraction of sp³-hybridized carbons (Fsp3) is 0.833. The average molecular weight is 468 g/mol. The Balaban J connectivity index is 1.73. The van der Waals surface area contributed by atoms with Crippen LogP contribution in [0.5, 0.6) is 0 Å². The van der Waals surface area contributed by atoms with E-state index in [2.05, 4.69) is 10.2 Å². The lowest BCUT2D eigenvalue weighted by Gasteiger charge is -2.35. The zero-order chi connectivity index (χ0) is 24.3. The Bertz CT molecular complexity index is 737. The second kappa shape index (κ2) is 10.6. The van der Waals surface area contributed by atoms with E-state index in [4.69, 9.17) is 4.74 Å². The first-order chi connectivity index (χ1) is 15.5. The lowest BCUT2D eigenvalue weighted by atomic mass is 9.93. The van der Waals surface area contributed by atoms with Crippen LogP contribution in [0.15, 0.2) is 11.4 Å². The summed E-state index contributed by atoms with van der Waals surface area (Å²) in [6.45, 7) is 6.91. The second-order valence-corrected chi connectivity index (χ2v) is 10.6. The molecule has 2 saturated carbocycles. The van der Waals surface area contributed by atoms with Crippen molar-refractivity contribution in [2.45, 2.75) is 122 Å². The number of nitrogens with zero attached hydrogens (tertiary/aromatic N) is 2. The molecule has 9 heteroatoms. The summed E-state index contributed by atoms with van der Waals surface area (Å²) in [7, 11) is 0. The Labute approximate surface area is 196 Å². The maximum Gasteiger partial charge on any atom is 0.416 e. The van der Waals surface area contributed by atoms with Crippen LogP contribution in [-0.2, 0) is 9.53 Å². The number of hydrogen-bond acceptors (Lipinski definition) is 7. The molecule has 33 heavy (non-hydrogen) atoms. The van der Waals surface area contributed by atoms with Gasteiger partial charge in [-0.15, -0.1) is 0 Å². The summed E-state index contributed by atoms with van der Waals surface area (Å²) in [5.41, 5.74) is 0.991. The lowest BCUT2D eigenvalue weighted by Crippen LogP contribution is -2.48. The highest BCUT2D eigenvalue weighted by Gasteiger charge is 2.47. The first-order valence-electron chi connectivity index (χ1n) is 12.3. The number of amides is 2. The predicted molar refractivity (Wildman–Crippen MR) is 123 cm³/mol. The van der Waals surface area contributed by atoms with Crippen molar-refractivity contribution in [3.8, 4) is 0 Å². The number of aliphatic hydroxyl groups excluding tert-OH is 3. The predicted octanol–water partition coefficient (Wildman–Crippen LogP) is 2.20. The summed E-state index contributed by atoms with van der Waals surface area (Å²) in [5, 5.41) is 32.4. The van der Waals surface area contributed by atoms with E-state index in [1.165, 1.54) is 0 Å². The van der Waals surface area contributed by atoms with E-state index in [1.807, 2.05) is 27.7 Å². The van der Waals surface area contributed by atoms with Crippen molar-refractivity contribution in [1.82, 2.24) is 15.1 Å². The summed E-state index contributed by atoms with van der Waals surface area (Å²) in [6.07, 6.45) is 3.79. The van der Waals surface area contributed by atoms with Crippen LogP contribution in [0.3, 0.4) is 0 Å². The number of carbonyl (C=O) groups excluding carboxylic acids is 2. The molecule has 2 amide bonds. The molecule has 0 bridgehead atoms. The van der Waals surface area contributed by atoms with Gasteiger partial charge in [-0.1, -0.05) is 0 Å². The van der Waals surface area contributed by atoms with Gasteiger partial charge in [0.2, 0.25) is 5.91 Å². The van der Waals surface area contributed by atoms with E-state index >= 15 is 0 Å². The lowest BCUT2D eigenvalue weighted by molar-refractivity contribution is -0.122. The van der Waals surface area contributed by atoms with E-state index < -0.39 is 24.0 Å². The summed E-state index contributed by atoms with van der Waals surface area (Å²) in [6, 6.07) is 0.353. The highest BCUT2D eigenvalue weighted by Crippen LogP contribution is 2.43. The average Bonchev–Trinajstić information content (AvgIpc) is 3.51. The number of aliphatic hydroxyl groups is 3. The van der Waals surface area contributed by atoms with Crippen molar-refractivity contribution in [3.05, 3.63) is 11.4 Å². The van der Waals surface area contributed by atoms with Crippen molar-refractivity contribution in [3.63, 3.8) is 0 Å². The third kappa shape index (κ3) is 6.83. The number of rotatable bonds is 8. The molecule has 0 aromatic rings. The molecule has 1 aliphatic heterocycles. The molecule has 2 atom stereocenters. The van der Waals surface area contributed by atoms with E-state index in [-0.39, 0.29) is 37.1 Å². The molecule has 0 aromatic heterocycles. The summed E-state index contributed by atoms with van der Waals surface area (Å²) >= 11 is 0. The SMILES string of the molecule is CC1=C(CCC(=O)NC2CCC(O)CC2)N(C2CC2)C(CC(O)CO)N1C(=O)OC(C)(C)C. The molecule has 2 aliphatic carbocycles. The van der Waals surface area contributed by atoms with Gasteiger partial charge in [-0.2, -0.15) is 0 Å². The molecule has 0 spiro atoms. The highest BCUT2D eigenvalue weighted by molar-refractivity contribution is 5.77. The van der Waals surface area contributed by atoms with Crippen molar-refractivity contribution in [1.29, 1.82) is 0 Å². The largest absolute Gasteiger partial charge is 0.443 e. The van der Waals surface area contributed by atoms with E-state index in [0.29, 0.717) is 25.7 Å². The third-order valence-electron chi connectivity index (χ3n) is 6.58. The molecule has 0 saturated heterocycles. The van der Waals surface area contributed by atoms with Gasteiger partial charge in [-0.25, -0.2) is 4.79 Å². The van der Waals surface area contributed by atoms with Crippen molar-refractivity contribution < 1.29 is 29.6 Å². The van der Waals surface area contributed by atoms with Crippen molar-refractivity contribution >= 4 is 12.0 Å². The fourth-order valence-electron chi connectivity index (χ4n) is 4.84. The van der Waals surface area contributed by atoms with Gasteiger partial charge in [0.05, 0.1) is 18.8 Å². The summed E-state index contributed by atoms with van der Waals surface area (Å²) in [5.74, 6) is -0.0323. The van der Waals surface area contributed by atoms with Crippen molar-refractivity contribution in [2.24, 2.45) is 0 Å². The molecular weight excluding hydrogens is 426 g/mol. The van der Waals surface area contributed by atoms with Crippen LogP contribution >= 0.6 is 0 Å². The highest BCUT2D eigenvalue weighted by atomic mass is 16.6. The number of hydrogen-bond donors (Lipinski definition) is 4. The molecule has 2 fully saturated rings. The fourth-order valence-corrected chi connectivity index (χ4v) is 4.84. The first kappa shape index (κ1) is 25.8. The Morgan fingerprint density at radius 1 is 1.15 bits per heavy atom. The van der Waals surface area contributed by atoms with Gasteiger partial charge >= 0.3 is 6.09 Å². The van der Waals surface area contributed by atoms with Gasteiger partial charge in [-0.05, 0) is 72.6 Å². The van der Waals surface area contributed by atoms with Crippen LogP contribution in [0.2, 0.25) is 0 Å². The summed E-state index contributed by atoms with van der Waals surface area (Å²) < 4.78 is 5.65. The Kier molecular flexibility index (Phi) is 8.29. The monoisotopic (exact) mass is 467 g/mol. The standard InChI is InChI=1S/C24H41N3O6/c1-15-20(11-12-21(31)25-16-5-9-18(29)10-6-16)27(17-7-8-17)22(13-19(30)14-28)26(15)23(32)33-24(2,3)4/h16-19,22,28-30H,5-14H2,1-4H3,(H,25,31). The van der Waals surface area contributed by atoms with Crippen LogP contribution in [0.25, 0.3) is 0 Å². The van der Waals surface area contributed by atoms with Gasteiger partial charge in [0.1, 0.15) is 11.8 Å². The maximum atomic E-state index is 13.1. The minimum Gasteiger partial charge on any atom is -0.443 e. The molecule has 3 rings (SSSR count). The molecule has 4 N–H and O–H groups in total. The Morgan fingerprint density at radius 3 is 2.33 bits per heavy atom. The molecule has 2 unspecified atom stereocenters. The van der Waals surface area contributed by atoms with Gasteiger partial charge in [-0.3, -0.25) is 9.69 Å². The van der Waals surface area contributed by atoms with Gasteiger partial charge in [0, 0.05) is 36.3 Å². The molecule has 0 radical (unpaired) electrons. The molecule has 188 valence electrons. The quantitative estimate of drug-likeness (QED) is 0.432. The van der Waals surface area contributed by atoms with Crippen LogP contribution in [0.1, 0.15) is 85.5 Å². The van der Waals surface area contributed by atoms with Crippen LogP contribution < -0.4 is 5.32 Å². The zero-order valence-electron chi connectivity index (χ0n) is 20.4. The van der Waals surface area contributed by atoms with E-state index in [0.717, 1.165) is 37.1 Å². The van der Waals surface area contributed by atoms with Gasteiger partial charge in [0.15, 0.2) is 0 Å². The first-order valence-corrected chi connectivity index (χ1v) is 12.3. The maximum absolute atomic E-state index is 13.1. The normalized spacial score (nSPS) is 27.1. The number of ether oxygens (including phenoxy) is 1. The van der Waals surface area contributed by atoms with Crippen LogP contribution in [0.4, 0.5) is 4.79 Å². The smallest absolute Gasteiger partial charge is 0.416 e. The molecule has 0 aromatic carbocycles. The molecule has 1 heterocycles. The number of nitrogens with one attached hydrogen (secondary N) is 1. The minimum absolute atomic E-state index is 0.0323. The molecule has 9 nitrogen and oxygen atoms in total. The van der Waals surface area contributed by atoms with Gasteiger partial charge < -0.3 is 30.3 Å². The van der Waals surface area contributed by atoms with Crippen molar-refractivity contribution in [2.75, 3.05) is 6.61 Å².